The summed E-state index contributed by atoms with van der Waals surface area (Å²) in [4.78, 5) is 14.5. The van der Waals surface area contributed by atoms with Gasteiger partial charge in [0.2, 0.25) is 5.95 Å². The molecule has 3 aliphatic rings. The monoisotopic (exact) mass is 494 g/mol. The maximum Gasteiger partial charge on any atom is 0.232 e. The highest BCUT2D eigenvalue weighted by Gasteiger charge is 2.35. The average molecular weight is 495 g/mol. The van der Waals surface area contributed by atoms with Crippen LogP contribution in [-0.4, -0.2) is 60.5 Å². The standard InChI is InChI=1S/C27H38N6OS/c1-21-9-5-8-14-33(21)24-19-23(32-15-17-34-18-16-32)29-25(30-24)31-26(35)28-20-27(12-6-7-13-27)22-10-3-2-4-11-22/h2-4,10-11,19,21H,5-9,12-18,20H2,1H3,(H2,28,29,30,31,35)/t21-/m1/s1. The lowest BCUT2D eigenvalue weighted by atomic mass is 9.79. The second kappa shape index (κ2) is 11.1. The van der Waals surface area contributed by atoms with Crippen molar-refractivity contribution in [2.24, 2.45) is 0 Å². The Morgan fingerprint density at radius 3 is 2.51 bits per heavy atom. The number of aromatic nitrogens is 2. The largest absolute Gasteiger partial charge is 0.378 e. The molecule has 1 saturated carbocycles. The molecule has 0 spiro atoms. The van der Waals surface area contributed by atoms with Crippen molar-refractivity contribution in [3.8, 4) is 0 Å². The molecule has 0 unspecified atom stereocenters. The van der Waals surface area contributed by atoms with Gasteiger partial charge in [0.1, 0.15) is 11.6 Å². The molecule has 5 rings (SSSR count). The van der Waals surface area contributed by atoms with E-state index in [1.807, 2.05) is 0 Å². The predicted molar refractivity (Wildman–Crippen MR) is 147 cm³/mol. The third-order valence-electron chi connectivity index (χ3n) is 7.89. The van der Waals surface area contributed by atoms with Gasteiger partial charge in [0, 0.05) is 43.7 Å². The molecule has 1 aromatic carbocycles. The Kier molecular flexibility index (Phi) is 7.68. The molecule has 8 heteroatoms. The van der Waals surface area contributed by atoms with Gasteiger partial charge >= 0.3 is 0 Å². The van der Waals surface area contributed by atoms with Crippen LogP contribution in [0.25, 0.3) is 0 Å². The lowest BCUT2D eigenvalue weighted by Crippen LogP contribution is -2.42. The molecule has 1 atom stereocenters. The molecule has 3 heterocycles. The molecule has 2 N–H and O–H groups in total. The highest BCUT2D eigenvalue weighted by Crippen LogP contribution is 2.40. The fourth-order valence-electron chi connectivity index (χ4n) is 5.82. The maximum atomic E-state index is 5.74. The third-order valence-corrected chi connectivity index (χ3v) is 8.14. The number of piperidine rings is 1. The number of thiocarbonyl (C=S) groups is 1. The fourth-order valence-corrected chi connectivity index (χ4v) is 5.99. The van der Waals surface area contributed by atoms with Gasteiger partial charge in [0.25, 0.3) is 0 Å². The first-order valence-electron chi connectivity index (χ1n) is 13.2. The number of rotatable bonds is 6. The number of hydrogen-bond acceptors (Lipinski definition) is 6. The van der Waals surface area contributed by atoms with Gasteiger partial charge in [-0.25, -0.2) is 0 Å². The molecule has 35 heavy (non-hydrogen) atoms. The number of hydrogen-bond donors (Lipinski definition) is 2. The van der Waals surface area contributed by atoms with E-state index < -0.39 is 0 Å². The summed E-state index contributed by atoms with van der Waals surface area (Å²) in [6.45, 7) is 7.28. The summed E-state index contributed by atoms with van der Waals surface area (Å²) in [6.07, 6.45) is 8.57. The molecule has 2 aromatic rings. The SMILES string of the molecule is C[C@@H]1CCCCN1c1cc(N2CCOCC2)nc(NC(=S)NCC2(c3ccccc3)CCCC2)n1. The van der Waals surface area contributed by atoms with E-state index in [0.717, 1.165) is 51.0 Å². The number of benzene rings is 1. The Hall–Kier alpha value is -2.45. The van der Waals surface area contributed by atoms with E-state index in [-0.39, 0.29) is 5.41 Å². The maximum absolute atomic E-state index is 5.74. The summed E-state index contributed by atoms with van der Waals surface area (Å²) in [6, 6.07) is 13.5. The van der Waals surface area contributed by atoms with E-state index in [0.29, 0.717) is 17.1 Å². The normalized spacial score (nSPS) is 22.1. The molecular weight excluding hydrogens is 456 g/mol. The second-order valence-corrected chi connectivity index (χ2v) is 10.6. The molecule has 0 bridgehead atoms. The van der Waals surface area contributed by atoms with Crippen molar-refractivity contribution < 1.29 is 4.74 Å². The van der Waals surface area contributed by atoms with Crippen molar-refractivity contribution in [3.05, 3.63) is 42.0 Å². The van der Waals surface area contributed by atoms with E-state index in [9.17, 15) is 0 Å². The fraction of sp³-hybridized carbons (Fsp3) is 0.593. The highest BCUT2D eigenvalue weighted by atomic mass is 32.1. The topological polar surface area (TPSA) is 65.6 Å². The number of nitrogens with zero attached hydrogens (tertiary/aromatic N) is 4. The minimum absolute atomic E-state index is 0.137. The quantitative estimate of drug-likeness (QED) is 0.570. The van der Waals surface area contributed by atoms with Crippen molar-refractivity contribution in [3.63, 3.8) is 0 Å². The van der Waals surface area contributed by atoms with Gasteiger partial charge in [-0.1, -0.05) is 43.2 Å². The van der Waals surface area contributed by atoms with Crippen LogP contribution in [0.4, 0.5) is 17.6 Å². The van der Waals surface area contributed by atoms with Gasteiger partial charge < -0.3 is 25.2 Å². The zero-order valence-corrected chi connectivity index (χ0v) is 21.7. The Balaban J connectivity index is 1.32. The van der Waals surface area contributed by atoms with Crippen LogP contribution in [-0.2, 0) is 10.2 Å². The lowest BCUT2D eigenvalue weighted by Gasteiger charge is -2.35. The van der Waals surface area contributed by atoms with Crippen molar-refractivity contribution in [2.45, 2.75) is 63.3 Å². The van der Waals surface area contributed by atoms with Gasteiger partial charge in [0.15, 0.2) is 5.11 Å². The Morgan fingerprint density at radius 2 is 1.77 bits per heavy atom. The summed E-state index contributed by atoms with van der Waals surface area (Å²) in [5.41, 5.74) is 1.54. The van der Waals surface area contributed by atoms with Crippen LogP contribution in [0.5, 0.6) is 0 Å². The van der Waals surface area contributed by atoms with E-state index >= 15 is 0 Å². The minimum atomic E-state index is 0.137. The molecule has 1 aliphatic carbocycles. The van der Waals surface area contributed by atoms with Gasteiger partial charge in [-0.3, -0.25) is 0 Å². The summed E-state index contributed by atoms with van der Waals surface area (Å²) >= 11 is 5.74. The summed E-state index contributed by atoms with van der Waals surface area (Å²) in [5, 5.41) is 7.42. The van der Waals surface area contributed by atoms with Crippen molar-refractivity contribution in [1.29, 1.82) is 0 Å². The molecule has 0 amide bonds. The van der Waals surface area contributed by atoms with E-state index in [1.54, 1.807) is 0 Å². The van der Waals surface area contributed by atoms with Gasteiger partial charge in [-0.2, -0.15) is 9.97 Å². The molecule has 2 aliphatic heterocycles. The van der Waals surface area contributed by atoms with Crippen LogP contribution in [0.2, 0.25) is 0 Å². The lowest BCUT2D eigenvalue weighted by molar-refractivity contribution is 0.122. The van der Waals surface area contributed by atoms with Crippen LogP contribution < -0.4 is 20.4 Å². The summed E-state index contributed by atoms with van der Waals surface area (Å²) in [5.74, 6) is 2.49. The predicted octanol–water partition coefficient (Wildman–Crippen LogP) is 4.49. The Labute approximate surface area is 214 Å². The van der Waals surface area contributed by atoms with E-state index in [4.69, 9.17) is 26.9 Å². The number of anilines is 3. The second-order valence-electron chi connectivity index (χ2n) is 10.2. The number of morpholine rings is 1. The van der Waals surface area contributed by atoms with Crippen molar-refractivity contribution >= 4 is 34.9 Å². The average Bonchev–Trinajstić information content (AvgIpc) is 3.39. The number of nitrogens with one attached hydrogen (secondary N) is 2. The Morgan fingerprint density at radius 1 is 1.03 bits per heavy atom. The third kappa shape index (κ3) is 5.70. The molecule has 2 saturated heterocycles. The first-order valence-corrected chi connectivity index (χ1v) is 13.6. The van der Waals surface area contributed by atoms with E-state index in [1.165, 1.54) is 50.5 Å². The molecule has 188 valence electrons. The molecule has 0 radical (unpaired) electrons. The summed E-state index contributed by atoms with van der Waals surface area (Å²) in [7, 11) is 0. The summed E-state index contributed by atoms with van der Waals surface area (Å²) < 4.78 is 5.56. The van der Waals surface area contributed by atoms with Crippen LogP contribution in [0.1, 0.15) is 57.4 Å². The van der Waals surface area contributed by atoms with Gasteiger partial charge in [-0.05, 0) is 56.8 Å². The van der Waals surface area contributed by atoms with Crippen molar-refractivity contribution in [2.75, 3.05) is 54.5 Å². The first kappa shape index (κ1) is 24.3. The van der Waals surface area contributed by atoms with Crippen molar-refractivity contribution in [1.82, 2.24) is 15.3 Å². The molecular formula is C27H38N6OS. The smallest absolute Gasteiger partial charge is 0.232 e. The van der Waals surface area contributed by atoms with Crippen LogP contribution >= 0.6 is 12.2 Å². The molecule has 7 nitrogen and oxygen atoms in total. The zero-order chi connectivity index (χ0) is 24.1. The van der Waals surface area contributed by atoms with Gasteiger partial charge in [0.05, 0.1) is 13.2 Å². The minimum Gasteiger partial charge on any atom is -0.378 e. The Bertz CT molecular complexity index is 990. The zero-order valence-electron chi connectivity index (χ0n) is 20.8. The highest BCUT2D eigenvalue weighted by molar-refractivity contribution is 7.80. The van der Waals surface area contributed by atoms with Crippen LogP contribution in [0, 0.1) is 0 Å². The molecule has 3 fully saturated rings. The van der Waals surface area contributed by atoms with Crippen LogP contribution in [0.3, 0.4) is 0 Å². The molecule has 1 aromatic heterocycles. The first-order chi connectivity index (χ1) is 17.1. The number of ether oxygens (including phenoxy) is 1. The van der Waals surface area contributed by atoms with E-state index in [2.05, 4.69) is 63.8 Å². The van der Waals surface area contributed by atoms with Crippen LogP contribution in [0.15, 0.2) is 36.4 Å². The van der Waals surface area contributed by atoms with Gasteiger partial charge in [-0.15, -0.1) is 0 Å².